The van der Waals surface area contributed by atoms with Crippen molar-refractivity contribution < 1.29 is 0 Å². The zero-order valence-electron chi connectivity index (χ0n) is 11.2. The predicted octanol–water partition coefficient (Wildman–Crippen LogP) is 1.86. The van der Waals surface area contributed by atoms with Crippen LogP contribution in [0.4, 0.5) is 0 Å². The van der Waals surface area contributed by atoms with Gasteiger partial charge in [-0.1, -0.05) is 13.8 Å². The van der Waals surface area contributed by atoms with Crippen LogP contribution >= 0.6 is 0 Å². The van der Waals surface area contributed by atoms with Gasteiger partial charge in [-0.3, -0.25) is 9.97 Å². The van der Waals surface area contributed by atoms with Gasteiger partial charge >= 0.3 is 0 Å². The Kier molecular flexibility index (Phi) is 6.74. The van der Waals surface area contributed by atoms with Crippen LogP contribution in [-0.4, -0.2) is 41.0 Å². The second-order valence-electron chi connectivity index (χ2n) is 4.19. The molecule has 0 amide bonds. The van der Waals surface area contributed by atoms with Gasteiger partial charge < -0.3 is 10.2 Å². The highest BCUT2D eigenvalue weighted by Gasteiger charge is 2.05. The van der Waals surface area contributed by atoms with E-state index in [1.165, 1.54) is 6.42 Å². The summed E-state index contributed by atoms with van der Waals surface area (Å²) in [4.78, 5) is 10.8. The van der Waals surface area contributed by atoms with E-state index in [0.717, 1.165) is 31.9 Å². The van der Waals surface area contributed by atoms with Crippen LogP contribution in [0.1, 0.15) is 38.9 Å². The first-order valence-corrected chi connectivity index (χ1v) is 6.49. The molecule has 1 heterocycles. The van der Waals surface area contributed by atoms with E-state index in [2.05, 4.69) is 41.0 Å². The summed E-state index contributed by atoms with van der Waals surface area (Å²) in [5.74, 6) is 0. The average Bonchev–Trinajstić information content (AvgIpc) is 2.40. The van der Waals surface area contributed by atoms with Crippen LogP contribution in [0.25, 0.3) is 0 Å². The Morgan fingerprint density at radius 1 is 1.29 bits per heavy atom. The first-order valence-electron chi connectivity index (χ1n) is 6.49. The molecular weight excluding hydrogens is 212 g/mol. The minimum Gasteiger partial charge on any atom is -0.309 e. The SMILES string of the molecule is CCN(CC)CCCNC(C)c1cnccn1. The molecule has 0 spiro atoms. The fraction of sp³-hybridized carbons (Fsp3) is 0.692. The number of aromatic nitrogens is 2. The summed E-state index contributed by atoms with van der Waals surface area (Å²) in [6.45, 7) is 11.0. The van der Waals surface area contributed by atoms with Crippen molar-refractivity contribution in [3.8, 4) is 0 Å². The number of nitrogens with one attached hydrogen (secondary N) is 1. The molecule has 0 fully saturated rings. The van der Waals surface area contributed by atoms with Crippen LogP contribution in [0.15, 0.2) is 18.6 Å². The average molecular weight is 236 g/mol. The molecular formula is C13H24N4. The molecule has 1 aromatic heterocycles. The molecule has 0 saturated heterocycles. The van der Waals surface area contributed by atoms with E-state index in [-0.39, 0.29) is 6.04 Å². The highest BCUT2D eigenvalue weighted by molar-refractivity contribution is 5.00. The van der Waals surface area contributed by atoms with E-state index in [0.29, 0.717) is 0 Å². The fourth-order valence-electron chi connectivity index (χ4n) is 1.80. The van der Waals surface area contributed by atoms with Crippen molar-refractivity contribution in [1.82, 2.24) is 20.2 Å². The van der Waals surface area contributed by atoms with Crippen molar-refractivity contribution in [2.75, 3.05) is 26.2 Å². The molecule has 0 bridgehead atoms. The number of nitrogens with zero attached hydrogens (tertiary/aromatic N) is 3. The molecule has 4 nitrogen and oxygen atoms in total. The van der Waals surface area contributed by atoms with Crippen molar-refractivity contribution in [3.05, 3.63) is 24.3 Å². The lowest BCUT2D eigenvalue weighted by atomic mass is 10.2. The minimum atomic E-state index is 0.278. The standard InChI is InChI=1S/C13H24N4/c1-4-17(5-2)10-6-7-15-12(3)13-11-14-8-9-16-13/h8-9,11-12,15H,4-7,10H2,1-3H3. The van der Waals surface area contributed by atoms with E-state index in [9.17, 15) is 0 Å². The van der Waals surface area contributed by atoms with Gasteiger partial charge in [-0.15, -0.1) is 0 Å². The second-order valence-corrected chi connectivity index (χ2v) is 4.19. The van der Waals surface area contributed by atoms with E-state index in [1.807, 2.05) is 6.20 Å². The molecule has 1 rings (SSSR count). The van der Waals surface area contributed by atoms with E-state index in [1.54, 1.807) is 12.4 Å². The Labute approximate surface area is 104 Å². The van der Waals surface area contributed by atoms with Gasteiger partial charge in [0, 0.05) is 24.6 Å². The molecule has 0 saturated carbocycles. The lowest BCUT2D eigenvalue weighted by molar-refractivity contribution is 0.296. The molecule has 1 atom stereocenters. The van der Waals surface area contributed by atoms with Gasteiger partial charge in [0.2, 0.25) is 0 Å². The Balaban J connectivity index is 2.19. The molecule has 17 heavy (non-hydrogen) atoms. The Hall–Kier alpha value is -1.00. The van der Waals surface area contributed by atoms with Gasteiger partial charge in [-0.2, -0.15) is 0 Å². The van der Waals surface area contributed by atoms with Gasteiger partial charge in [-0.25, -0.2) is 0 Å². The molecule has 96 valence electrons. The molecule has 0 aliphatic rings. The first kappa shape index (κ1) is 14.1. The summed E-state index contributed by atoms with van der Waals surface area (Å²) in [6.07, 6.45) is 6.44. The van der Waals surface area contributed by atoms with E-state index < -0.39 is 0 Å². The highest BCUT2D eigenvalue weighted by atomic mass is 15.1. The molecule has 1 unspecified atom stereocenters. The van der Waals surface area contributed by atoms with Gasteiger partial charge in [0.05, 0.1) is 5.69 Å². The largest absolute Gasteiger partial charge is 0.309 e. The summed E-state index contributed by atoms with van der Waals surface area (Å²) >= 11 is 0. The zero-order chi connectivity index (χ0) is 12.5. The highest BCUT2D eigenvalue weighted by Crippen LogP contribution is 2.05. The Bertz CT molecular complexity index is 285. The maximum absolute atomic E-state index is 4.29. The normalized spacial score (nSPS) is 12.9. The van der Waals surface area contributed by atoms with Crippen molar-refractivity contribution in [3.63, 3.8) is 0 Å². The van der Waals surface area contributed by atoms with Crippen molar-refractivity contribution in [2.45, 2.75) is 33.2 Å². The van der Waals surface area contributed by atoms with Gasteiger partial charge in [0.25, 0.3) is 0 Å². The zero-order valence-corrected chi connectivity index (χ0v) is 11.2. The fourth-order valence-corrected chi connectivity index (χ4v) is 1.80. The van der Waals surface area contributed by atoms with E-state index in [4.69, 9.17) is 0 Å². The first-order chi connectivity index (χ1) is 8.27. The third-order valence-corrected chi connectivity index (χ3v) is 3.02. The molecule has 1 aromatic rings. The van der Waals surface area contributed by atoms with Crippen LogP contribution in [-0.2, 0) is 0 Å². The maximum Gasteiger partial charge on any atom is 0.0753 e. The van der Waals surface area contributed by atoms with Gasteiger partial charge in [0.1, 0.15) is 0 Å². The molecule has 4 heteroatoms. The molecule has 0 aliphatic heterocycles. The van der Waals surface area contributed by atoms with Crippen molar-refractivity contribution in [1.29, 1.82) is 0 Å². The smallest absolute Gasteiger partial charge is 0.0753 e. The van der Waals surface area contributed by atoms with Crippen LogP contribution in [0.3, 0.4) is 0 Å². The van der Waals surface area contributed by atoms with Crippen LogP contribution in [0.5, 0.6) is 0 Å². The number of hydrogen-bond acceptors (Lipinski definition) is 4. The van der Waals surface area contributed by atoms with Crippen molar-refractivity contribution in [2.24, 2.45) is 0 Å². The maximum atomic E-state index is 4.29. The third kappa shape index (κ3) is 5.24. The van der Waals surface area contributed by atoms with Crippen LogP contribution in [0, 0.1) is 0 Å². The summed E-state index contributed by atoms with van der Waals surface area (Å²) < 4.78 is 0. The third-order valence-electron chi connectivity index (χ3n) is 3.02. The van der Waals surface area contributed by atoms with Gasteiger partial charge in [-0.05, 0) is 39.5 Å². The van der Waals surface area contributed by atoms with Crippen LogP contribution in [0.2, 0.25) is 0 Å². The molecule has 0 aromatic carbocycles. The second kappa shape index (κ2) is 8.14. The molecule has 0 radical (unpaired) electrons. The van der Waals surface area contributed by atoms with Crippen LogP contribution < -0.4 is 5.32 Å². The van der Waals surface area contributed by atoms with E-state index >= 15 is 0 Å². The summed E-state index contributed by atoms with van der Waals surface area (Å²) in [5, 5.41) is 3.47. The molecule has 0 aliphatic carbocycles. The Morgan fingerprint density at radius 2 is 2.06 bits per heavy atom. The Morgan fingerprint density at radius 3 is 2.65 bits per heavy atom. The lowest BCUT2D eigenvalue weighted by Crippen LogP contribution is -2.28. The summed E-state index contributed by atoms with van der Waals surface area (Å²) in [6, 6.07) is 0.278. The number of rotatable bonds is 8. The quantitative estimate of drug-likeness (QED) is 0.700. The predicted molar refractivity (Wildman–Crippen MR) is 70.9 cm³/mol. The van der Waals surface area contributed by atoms with Gasteiger partial charge in [0.15, 0.2) is 0 Å². The lowest BCUT2D eigenvalue weighted by Gasteiger charge is -2.19. The monoisotopic (exact) mass is 236 g/mol. The summed E-state index contributed by atoms with van der Waals surface area (Å²) in [5.41, 5.74) is 1.01. The molecule has 1 N–H and O–H groups in total. The van der Waals surface area contributed by atoms with Crippen molar-refractivity contribution >= 4 is 0 Å². The number of hydrogen-bond donors (Lipinski definition) is 1. The minimum absolute atomic E-state index is 0.278. The summed E-state index contributed by atoms with van der Waals surface area (Å²) in [7, 11) is 0. The topological polar surface area (TPSA) is 41.0 Å².